The van der Waals surface area contributed by atoms with Crippen molar-refractivity contribution in [2.75, 3.05) is 31.1 Å². The number of sulfone groups is 1. The van der Waals surface area contributed by atoms with E-state index in [0.29, 0.717) is 11.5 Å². The van der Waals surface area contributed by atoms with Gasteiger partial charge in [0.25, 0.3) is 0 Å². The van der Waals surface area contributed by atoms with Gasteiger partial charge in [-0.3, -0.25) is 0 Å². The lowest BCUT2D eigenvalue weighted by molar-refractivity contribution is 0.346. The average Bonchev–Trinajstić information content (AvgIpc) is 2.60. The van der Waals surface area contributed by atoms with Crippen LogP contribution in [0.5, 0.6) is 0 Å². The van der Waals surface area contributed by atoms with Crippen LogP contribution in [0.4, 0.5) is 0 Å². The van der Waals surface area contributed by atoms with E-state index >= 15 is 0 Å². The molecule has 2 unspecified atom stereocenters. The van der Waals surface area contributed by atoms with E-state index in [0.717, 1.165) is 32.0 Å². The highest BCUT2D eigenvalue weighted by atomic mass is 32.2. The maximum Gasteiger partial charge on any atom is 0.151 e. The lowest BCUT2D eigenvalue weighted by Crippen LogP contribution is -2.35. The van der Waals surface area contributed by atoms with Gasteiger partial charge in [0, 0.05) is 6.04 Å². The Bertz CT molecular complexity index is 310. The Morgan fingerprint density at radius 3 is 2.81 bits per heavy atom. The van der Waals surface area contributed by atoms with Crippen molar-refractivity contribution in [3.63, 3.8) is 0 Å². The van der Waals surface area contributed by atoms with Crippen LogP contribution in [0, 0.1) is 5.92 Å². The van der Waals surface area contributed by atoms with Crippen molar-refractivity contribution in [1.82, 2.24) is 10.6 Å². The number of hydrogen-bond acceptors (Lipinski definition) is 4. The maximum atomic E-state index is 11.3. The first-order valence-corrected chi connectivity index (χ1v) is 8.12. The Morgan fingerprint density at radius 2 is 2.19 bits per heavy atom. The summed E-state index contributed by atoms with van der Waals surface area (Å²) in [5.41, 5.74) is 0. The van der Waals surface area contributed by atoms with Crippen molar-refractivity contribution < 1.29 is 8.42 Å². The molecule has 0 amide bonds. The fourth-order valence-electron chi connectivity index (χ4n) is 2.62. The van der Waals surface area contributed by atoms with Gasteiger partial charge >= 0.3 is 0 Å². The van der Waals surface area contributed by atoms with Gasteiger partial charge in [0.2, 0.25) is 0 Å². The first-order chi connectivity index (χ1) is 7.66. The summed E-state index contributed by atoms with van der Waals surface area (Å²) in [4.78, 5) is 0. The monoisotopic (exact) mass is 246 g/mol. The van der Waals surface area contributed by atoms with E-state index in [1.807, 2.05) is 0 Å². The molecule has 2 aliphatic rings. The topological polar surface area (TPSA) is 58.2 Å². The van der Waals surface area contributed by atoms with Crippen molar-refractivity contribution in [1.29, 1.82) is 0 Å². The summed E-state index contributed by atoms with van der Waals surface area (Å²) in [6.07, 6.45) is 4.56. The third kappa shape index (κ3) is 3.71. The molecule has 0 spiro atoms. The Labute approximate surface area is 98.1 Å². The smallest absolute Gasteiger partial charge is 0.151 e. The summed E-state index contributed by atoms with van der Waals surface area (Å²) in [7, 11) is -2.73. The fraction of sp³-hybridized carbons (Fsp3) is 1.00. The Kier molecular flexibility index (Phi) is 4.21. The van der Waals surface area contributed by atoms with E-state index in [9.17, 15) is 8.42 Å². The summed E-state index contributed by atoms with van der Waals surface area (Å²) in [5.74, 6) is 1.49. The number of nitrogens with one attached hydrogen (secondary N) is 2. The van der Waals surface area contributed by atoms with Crippen molar-refractivity contribution in [3.8, 4) is 0 Å². The highest BCUT2D eigenvalue weighted by Crippen LogP contribution is 2.15. The van der Waals surface area contributed by atoms with Crippen LogP contribution in [0.3, 0.4) is 0 Å². The lowest BCUT2D eigenvalue weighted by atomic mass is 9.96. The molecule has 0 bridgehead atoms. The van der Waals surface area contributed by atoms with Crippen LogP contribution in [-0.4, -0.2) is 45.6 Å². The quantitative estimate of drug-likeness (QED) is 0.741. The van der Waals surface area contributed by atoms with Crippen LogP contribution in [-0.2, 0) is 9.84 Å². The predicted octanol–water partition coefficient (Wildman–Crippen LogP) is 0.153. The summed E-state index contributed by atoms with van der Waals surface area (Å²) in [6.45, 7) is 3.25. The molecule has 94 valence electrons. The summed E-state index contributed by atoms with van der Waals surface area (Å²) in [6, 6.07) is 0.210. The molecule has 2 heterocycles. The van der Waals surface area contributed by atoms with Gasteiger partial charge in [0.05, 0.1) is 11.5 Å². The lowest BCUT2D eigenvalue weighted by Gasteiger charge is -2.23. The molecule has 0 aliphatic carbocycles. The van der Waals surface area contributed by atoms with Crippen LogP contribution < -0.4 is 10.6 Å². The summed E-state index contributed by atoms with van der Waals surface area (Å²) in [5, 5.41) is 6.78. The van der Waals surface area contributed by atoms with Crippen LogP contribution in [0.25, 0.3) is 0 Å². The molecular formula is C11H22N2O2S. The standard InChI is InChI=1S/C11H22N2O2S/c14-16(15)7-4-11(9-16)13-6-3-10-2-1-5-12-8-10/h10-13H,1-9H2. The van der Waals surface area contributed by atoms with Crippen molar-refractivity contribution in [3.05, 3.63) is 0 Å². The zero-order valence-electron chi connectivity index (χ0n) is 9.74. The molecule has 0 radical (unpaired) electrons. The molecule has 0 aromatic heterocycles. The number of hydrogen-bond donors (Lipinski definition) is 2. The predicted molar refractivity (Wildman–Crippen MR) is 65.3 cm³/mol. The zero-order valence-corrected chi connectivity index (χ0v) is 10.6. The molecule has 2 rings (SSSR count). The van der Waals surface area contributed by atoms with E-state index in [-0.39, 0.29) is 6.04 Å². The maximum absolute atomic E-state index is 11.3. The van der Waals surface area contributed by atoms with E-state index < -0.39 is 9.84 Å². The molecule has 2 atom stereocenters. The number of piperidine rings is 1. The molecule has 2 saturated heterocycles. The van der Waals surface area contributed by atoms with Crippen LogP contribution in [0.1, 0.15) is 25.7 Å². The third-order valence-corrected chi connectivity index (χ3v) is 5.38. The Hall–Kier alpha value is -0.130. The normalized spacial score (nSPS) is 34.0. The number of rotatable bonds is 4. The molecule has 0 aromatic rings. The second kappa shape index (κ2) is 5.47. The molecule has 16 heavy (non-hydrogen) atoms. The molecule has 2 aliphatic heterocycles. The highest BCUT2D eigenvalue weighted by Gasteiger charge is 2.27. The van der Waals surface area contributed by atoms with E-state index in [1.165, 1.54) is 19.3 Å². The van der Waals surface area contributed by atoms with Gasteiger partial charge in [-0.1, -0.05) is 0 Å². The van der Waals surface area contributed by atoms with Gasteiger partial charge in [0.1, 0.15) is 0 Å². The van der Waals surface area contributed by atoms with Crippen molar-refractivity contribution in [2.45, 2.75) is 31.7 Å². The summed E-state index contributed by atoms with van der Waals surface area (Å²) < 4.78 is 22.5. The highest BCUT2D eigenvalue weighted by molar-refractivity contribution is 7.91. The Balaban J connectivity index is 1.61. The van der Waals surface area contributed by atoms with Gasteiger partial charge in [-0.15, -0.1) is 0 Å². The zero-order chi connectivity index (χ0) is 11.4. The molecular weight excluding hydrogens is 224 g/mol. The first-order valence-electron chi connectivity index (χ1n) is 6.30. The van der Waals surface area contributed by atoms with E-state index in [4.69, 9.17) is 0 Å². The van der Waals surface area contributed by atoms with Gasteiger partial charge in [-0.25, -0.2) is 8.42 Å². The third-order valence-electron chi connectivity index (χ3n) is 3.62. The van der Waals surface area contributed by atoms with Gasteiger partial charge in [-0.2, -0.15) is 0 Å². The van der Waals surface area contributed by atoms with E-state index in [2.05, 4.69) is 10.6 Å². The molecule has 2 fully saturated rings. The second-order valence-corrected chi connectivity index (χ2v) is 7.28. The summed E-state index contributed by atoms with van der Waals surface area (Å²) >= 11 is 0. The van der Waals surface area contributed by atoms with E-state index in [1.54, 1.807) is 0 Å². The van der Waals surface area contributed by atoms with Crippen molar-refractivity contribution in [2.24, 2.45) is 5.92 Å². The van der Waals surface area contributed by atoms with Crippen LogP contribution in [0.15, 0.2) is 0 Å². The molecule has 0 saturated carbocycles. The molecule has 5 heteroatoms. The molecule has 0 aromatic carbocycles. The molecule has 2 N–H and O–H groups in total. The second-order valence-electron chi connectivity index (χ2n) is 5.06. The minimum absolute atomic E-state index is 0.210. The van der Waals surface area contributed by atoms with Gasteiger partial charge < -0.3 is 10.6 Å². The minimum Gasteiger partial charge on any atom is -0.316 e. The minimum atomic E-state index is -2.73. The van der Waals surface area contributed by atoms with Gasteiger partial charge in [-0.05, 0) is 51.2 Å². The fourth-order valence-corrected chi connectivity index (χ4v) is 4.33. The SMILES string of the molecule is O=S1(=O)CCC(NCCC2CCCNC2)C1. The molecule has 4 nitrogen and oxygen atoms in total. The van der Waals surface area contributed by atoms with Crippen LogP contribution >= 0.6 is 0 Å². The first kappa shape index (κ1) is 12.3. The van der Waals surface area contributed by atoms with Crippen LogP contribution in [0.2, 0.25) is 0 Å². The largest absolute Gasteiger partial charge is 0.316 e. The van der Waals surface area contributed by atoms with Gasteiger partial charge in [0.15, 0.2) is 9.84 Å². The Morgan fingerprint density at radius 1 is 1.31 bits per heavy atom. The van der Waals surface area contributed by atoms with Crippen molar-refractivity contribution >= 4 is 9.84 Å². The average molecular weight is 246 g/mol.